The summed E-state index contributed by atoms with van der Waals surface area (Å²) in [7, 11) is 0. The van der Waals surface area contributed by atoms with E-state index in [1.54, 1.807) is 6.07 Å². The first-order valence-corrected chi connectivity index (χ1v) is 5.17. The van der Waals surface area contributed by atoms with E-state index in [0.29, 0.717) is 12.1 Å². The number of hydrogen-bond acceptors (Lipinski definition) is 2. The van der Waals surface area contributed by atoms with Crippen molar-refractivity contribution in [1.82, 2.24) is 5.32 Å². The van der Waals surface area contributed by atoms with Crippen LogP contribution in [0.1, 0.15) is 22.8 Å². The maximum Gasteiger partial charge on any atom is 0.336 e. The Kier molecular flexibility index (Phi) is 4.10. The van der Waals surface area contributed by atoms with Gasteiger partial charge in [0.1, 0.15) is 0 Å². The van der Waals surface area contributed by atoms with Crippen molar-refractivity contribution in [1.29, 1.82) is 0 Å². The average molecular weight is 258 g/mol. The van der Waals surface area contributed by atoms with Crippen molar-refractivity contribution in [2.45, 2.75) is 13.5 Å². The van der Waals surface area contributed by atoms with E-state index in [2.05, 4.69) is 21.2 Å². The Morgan fingerprint density at radius 1 is 1.57 bits per heavy atom. The number of halogens is 1. The summed E-state index contributed by atoms with van der Waals surface area (Å²) in [6.45, 7) is 3.40. The fourth-order valence-electron chi connectivity index (χ4n) is 1.16. The van der Waals surface area contributed by atoms with Crippen LogP contribution in [0.5, 0.6) is 0 Å². The van der Waals surface area contributed by atoms with Gasteiger partial charge in [0.05, 0.1) is 5.56 Å². The number of carbonyl (C=O) groups is 1. The molecule has 0 amide bonds. The quantitative estimate of drug-likeness (QED) is 0.870. The average Bonchev–Trinajstić information content (AvgIpc) is 2.15. The van der Waals surface area contributed by atoms with Crippen molar-refractivity contribution in [2.24, 2.45) is 0 Å². The van der Waals surface area contributed by atoms with Crippen LogP contribution in [0, 0.1) is 0 Å². The van der Waals surface area contributed by atoms with Gasteiger partial charge >= 0.3 is 5.97 Å². The SMILES string of the molecule is CCNCc1ccc(Br)cc1C(=O)O. The van der Waals surface area contributed by atoms with Gasteiger partial charge < -0.3 is 10.4 Å². The van der Waals surface area contributed by atoms with E-state index in [4.69, 9.17) is 5.11 Å². The van der Waals surface area contributed by atoms with Crippen molar-refractivity contribution in [3.8, 4) is 0 Å². The van der Waals surface area contributed by atoms with Crippen molar-refractivity contribution in [3.63, 3.8) is 0 Å². The number of carboxylic acids is 1. The van der Waals surface area contributed by atoms with Crippen LogP contribution in [0.15, 0.2) is 22.7 Å². The molecule has 0 saturated carbocycles. The lowest BCUT2D eigenvalue weighted by Crippen LogP contribution is -2.14. The fraction of sp³-hybridized carbons (Fsp3) is 0.300. The lowest BCUT2D eigenvalue weighted by Gasteiger charge is -2.06. The van der Waals surface area contributed by atoms with E-state index in [1.807, 2.05) is 19.1 Å². The molecule has 0 saturated heterocycles. The molecular weight excluding hydrogens is 246 g/mol. The van der Waals surface area contributed by atoms with Crippen molar-refractivity contribution in [2.75, 3.05) is 6.54 Å². The first-order valence-electron chi connectivity index (χ1n) is 4.37. The predicted molar refractivity (Wildman–Crippen MR) is 58.5 cm³/mol. The minimum atomic E-state index is -0.890. The molecule has 0 aromatic heterocycles. The van der Waals surface area contributed by atoms with Gasteiger partial charge in [-0.25, -0.2) is 4.79 Å². The van der Waals surface area contributed by atoms with Crippen LogP contribution in [0.2, 0.25) is 0 Å². The van der Waals surface area contributed by atoms with Crippen molar-refractivity contribution >= 4 is 21.9 Å². The smallest absolute Gasteiger partial charge is 0.336 e. The summed E-state index contributed by atoms with van der Waals surface area (Å²) in [5.74, 6) is -0.890. The van der Waals surface area contributed by atoms with Crippen LogP contribution in [0.3, 0.4) is 0 Å². The Morgan fingerprint density at radius 3 is 2.86 bits per heavy atom. The number of benzene rings is 1. The third-order valence-electron chi connectivity index (χ3n) is 1.87. The molecule has 1 aromatic carbocycles. The Labute approximate surface area is 91.3 Å². The summed E-state index contributed by atoms with van der Waals surface area (Å²) in [6, 6.07) is 5.28. The summed E-state index contributed by atoms with van der Waals surface area (Å²) in [5, 5.41) is 12.0. The van der Waals surface area contributed by atoms with Crippen LogP contribution >= 0.6 is 15.9 Å². The zero-order chi connectivity index (χ0) is 10.6. The number of hydrogen-bond donors (Lipinski definition) is 2. The molecule has 0 aliphatic heterocycles. The maximum atomic E-state index is 10.9. The van der Waals surface area contributed by atoms with Gasteiger partial charge in [0.25, 0.3) is 0 Å². The van der Waals surface area contributed by atoms with Crippen LogP contribution in [-0.4, -0.2) is 17.6 Å². The zero-order valence-electron chi connectivity index (χ0n) is 7.88. The van der Waals surface area contributed by atoms with Gasteiger partial charge in [-0.05, 0) is 24.2 Å². The van der Waals surface area contributed by atoms with Crippen molar-refractivity contribution < 1.29 is 9.90 Å². The molecule has 4 heteroatoms. The van der Waals surface area contributed by atoms with Crippen LogP contribution in [-0.2, 0) is 6.54 Å². The van der Waals surface area contributed by atoms with Gasteiger partial charge in [-0.3, -0.25) is 0 Å². The molecule has 3 nitrogen and oxygen atoms in total. The lowest BCUT2D eigenvalue weighted by molar-refractivity contribution is 0.0695. The first kappa shape index (κ1) is 11.2. The van der Waals surface area contributed by atoms with Crippen molar-refractivity contribution in [3.05, 3.63) is 33.8 Å². The molecular formula is C10H12BrNO2. The zero-order valence-corrected chi connectivity index (χ0v) is 9.47. The highest BCUT2D eigenvalue weighted by molar-refractivity contribution is 9.10. The van der Waals surface area contributed by atoms with Gasteiger partial charge in [0.2, 0.25) is 0 Å². The highest BCUT2D eigenvalue weighted by Gasteiger charge is 2.09. The number of carboxylic acid groups (broad SMARTS) is 1. The first-order chi connectivity index (χ1) is 6.65. The third kappa shape index (κ3) is 2.82. The number of nitrogens with one attached hydrogen (secondary N) is 1. The second kappa shape index (κ2) is 5.12. The molecule has 76 valence electrons. The second-order valence-electron chi connectivity index (χ2n) is 2.89. The fourth-order valence-corrected chi connectivity index (χ4v) is 1.52. The number of aromatic carboxylic acids is 1. The molecule has 0 atom stereocenters. The Bertz CT molecular complexity index is 339. The van der Waals surface area contributed by atoms with Gasteiger partial charge in [0.15, 0.2) is 0 Å². The molecule has 0 aliphatic rings. The van der Waals surface area contributed by atoms with Gasteiger partial charge in [-0.15, -0.1) is 0 Å². The molecule has 1 rings (SSSR count). The molecule has 2 N–H and O–H groups in total. The molecule has 0 bridgehead atoms. The largest absolute Gasteiger partial charge is 0.478 e. The van der Waals surface area contributed by atoms with E-state index in [0.717, 1.165) is 16.6 Å². The molecule has 0 heterocycles. The summed E-state index contributed by atoms with van der Waals surface area (Å²) >= 11 is 3.25. The van der Waals surface area contributed by atoms with E-state index < -0.39 is 5.97 Å². The van der Waals surface area contributed by atoms with E-state index in [9.17, 15) is 4.79 Å². The molecule has 0 radical (unpaired) electrons. The molecule has 1 aromatic rings. The standard InChI is InChI=1S/C10H12BrNO2/c1-2-12-6-7-3-4-8(11)5-9(7)10(13)14/h3-5,12H,2,6H2,1H3,(H,13,14). The molecule has 0 aliphatic carbocycles. The highest BCUT2D eigenvalue weighted by Crippen LogP contribution is 2.16. The summed E-state index contributed by atoms with van der Waals surface area (Å²) < 4.78 is 0.787. The minimum Gasteiger partial charge on any atom is -0.478 e. The Balaban J connectivity index is 2.96. The molecule has 0 unspecified atom stereocenters. The third-order valence-corrected chi connectivity index (χ3v) is 2.36. The topological polar surface area (TPSA) is 49.3 Å². The minimum absolute atomic E-state index is 0.348. The van der Waals surface area contributed by atoms with E-state index >= 15 is 0 Å². The second-order valence-corrected chi connectivity index (χ2v) is 3.80. The van der Waals surface area contributed by atoms with Crippen LogP contribution in [0.25, 0.3) is 0 Å². The van der Waals surface area contributed by atoms with Gasteiger partial charge in [-0.2, -0.15) is 0 Å². The molecule has 0 fully saturated rings. The number of rotatable bonds is 4. The summed E-state index contributed by atoms with van der Waals surface area (Å²) in [5.41, 5.74) is 1.16. The van der Waals surface area contributed by atoms with Crippen LogP contribution < -0.4 is 5.32 Å². The molecule has 0 spiro atoms. The van der Waals surface area contributed by atoms with Gasteiger partial charge in [-0.1, -0.05) is 28.9 Å². The summed E-state index contributed by atoms with van der Waals surface area (Å²) in [4.78, 5) is 10.9. The van der Waals surface area contributed by atoms with Gasteiger partial charge in [0, 0.05) is 11.0 Å². The highest BCUT2D eigenvalue weighted by atomic mass is 79.9. The van der Waals surface area contributed by atoms with E-state index in [-0.39, 0.29) is 0 Å². The monoisotopic (exact) mass is 257 g/mol. The van der Waals surface area contributed by atoms with Crippen LogP contribution in [0.4, 0.5) is 0 Å². The van der Waals surface area contributed by atoms with E-state index in [1.165, 1.54) is 0 Å². The summed E-state index contributed by atoms with van der Waals surface area (Å²) in [6.07, 6.45) is 0. The molecule has 14 heavy (non-hydrogen) atoms. The maximum absolute atomic E-state index is 10.9. The Hall–Kier alpha value is -0.870. The normalized spacial score (nSPS) is 10.1. The Morgan fingerprint density at radius 2 is 2.29 bits per heavy atom. The lowest BCUT2D eigenvalue weighted by atomic mass is 10.1. The predicted octanol–water partition coefficient (Wildman–Crippen LogP) is 2.26.